The van der Waals surface area contributed by atoms with Gasteiger partial charge in [-0.15, -0.1) is 0 Å². The van der Waals surface area contributed by atoms with Crippen molar-refractivity contribution >= 4 is 22.7 Å². The lowest BCUT2D eigenvalue weighted by molar-refractivity contribution is 0.236. The Morgan fingerprint density at radius 1 is 1.38 bits per heavy atom. The Kier molecular flexibility index (Phi) is 3.00. The van der Waals surface area contributed by atoms with Gasteiger partial charge in [0.15, 0.2) is 17.0 Å². The third-order valence-electron chi connectivity index (χ3n) is 4.61. The minimum atomic E-state index is -0.821. The standard InChI is InChI=1S/C15H20FN5/c1-8(2)9-5-6-10(15(9,3)4)21-7-18-11-12(17)19-14(16)20-13(11)21/h6-9H,5H2,1-4H3,(H2,17,19,20). The summed E-state index contributed by atoms with van der Waals surface area (Å²) in [5, 5.41) is 0. The van der Waals surface area contributed by atoms with Crippen LogP contribution in [-0.2, 0) is 0 Å². The van der Waals surface area contributed by atoms with Crippen LogP contribution in [0.15, 0.2) is 12.4 Å². The van der Waals surface area contributed by atoms with E-state index in [0.29, 0.717) is 23.0 Å². The largest absolute Gasteiger partial charge is 0.382 e. The van der Waals surface area contributed by atoms with Gasteiger partial charge in [-0.1, -0.05) is 33.8 Å². The van der Waals surface area contributed by atoms with Gasteiger partial charge in [-0.2, -0.15) is 14.4 Å². The van der Waals surface area contributed by atoms with Gasteiger partial charge in [-0.05, 0) is 18.3 Å². The van der Waals surface area contributed by atoms with Crippen molar-refractivity contribution in [3.63, 3.8) is 0 Å². The Hall–Kier alpha value is -1.98. The van der Waals surface area contributed by atoms with Crippen molar-refractivity contribution in [2.45, 2.75) is 34.1 Å². The van der Waals surface area contributed by atoms with Crippen molar-refractivity contribution in [1.82, 2.24) is 19.5 Å². The number of aromatic nitrogens is 4. The molecule has 3 rings (SSSR count). The first-order chi connectivity index (χ1) is 9.82. The first-order valence-electron chi connectivity index (χ1n) is 7.19. The van der Waals surface area contributed by atoms with Gasteiger partial charge in [0.2, 0.25) is 0 Å². The number of anilines is 1. The molecule has 1 atom stereocenters. The van der Waals surface area contributed by atoms with Crippen LogP contribution in [-0.4, -0.2) is 19.5 Å². The zero-order chi connectivity index (χ0) is 15.4. The fourth-order valence-electron chi connectivity index (χ4n) is 3.57. The van der Waals surface area contributed by atoms with Crippen LogP contribution in [0.2, 0.25) is 0 Å². The molecule has 0 aliphatic heterocycles. The van der Waals surface area contributed by atoms with Gasteiger partial charge < -0.3 is 5.73 Å². The normalized spacial score (nSPS) is 21.2. The second kappa shape index (κ2) is 4.51. The van der Waals surface area contributed by atoms with Crippen LogP contribution in [0.1, 0.15) is 34.1 Å². The Morgan fingerprint density at radius 2 is 2.10 bits per heavy atom. The summed E-state index contributed by atoms with van der Waals surface area (Å²) in [7, 11) is 0. The van der Waals surface area contributed by atoms with E-state index in [1.807, 2.05) is 4.57 Å². The zero-order valence-electron chi connectivity index (χ0n) is 12.8. The van der Waals surface area contributed by atoms with E-state index < -0.39 is 6.08 Å². The number of halogens is 1. The highest BCUT2D eigenvalue weighted by Gasteiger charge is 2.40. The molecule has 5 nitrogen and oxygen atoms in total. The molecule has 0 fully saturated rings. The fraction of sp³-hybridized carbons (Fsp3) is 0.533. The summed E-state index contributed by atoms with van der Waals surface area (Å²) >= 11 is 0. The molecule has 1 aliphatic carbocycles. The average molecular weight is 289 g/mol. The summed E-state index contributed by atoms with van der Waals surface area (Å²) in [5.74, 6) is 1.18. The molecule has 0 saturated carbocycles. The molecular weight excluding hydrogens is 269 g/mol. The Balaban J connectivity index is 2.14. The van der Waals surface area contributed by atoms with Gasteiger partial charge in [0.1, 0.15) is 6.33 Å². The number of fused-ring (bicyclic) bond motifs is 1. The molecule has 0 saturated heterocycles. The summed E-state index contributed by atoms with van der Waals surface area (Å²) < 4.78 is 15.3. The highest BCUT2D eigenvalue weighted by molar-refractivity contribution is 5.84. The maximum Gasteiger partial charge on any atom is 0.312 e. The molecule has 2 N–H and O–H groups in total. The Bertz CT molecular complexity index is 729. The molecule has 2 heterocycles. The van der Waals surface area contributed by atoms with Crippen LogP contribution in [0.4, 0.5) is 10.2 Å². The van der Waals surface area contributed by atoms with Gasteiger partial charge in [-0.3, -0.25) is 4.57 Å². The molecule has 0 radical (unpaired) electrons. The lowest BCUT2D eigenvalue weighted by Gasteiger charge is -2.33. The van der Waals surface area contributed by atoms with Gasteiger partial charge in [0, 0.05) is 11.1 Å². The highest BCUT2D eigenvalue weighted by Crippen LogP contribution is 2.49. The van der Waals surface area contributed by atoms with Crippen LogP contribution in [0.25, 0.3) is 16.9 Å². The van der Waals surface area contributed by atoms with Crippen molar-refractivity contribution in [2.75, 3.05) is 5.73 Å². The predicted octanol–water partition coefficient (Wildman–Crippen LogP) is 3.09. The summed E-state index contributed by atoms with van der Waals surface area (Å²) in [6, 6.07) is 0. The quantitative estimate of drug-likeness (QED) is 0.862. The number of nitrogens with two attached hydrogens (primary N) is 1. The maximum absolute atomic E-state index is 13.5. The number of nitrogen functional groups attached to an aromatic ring is 1. The number of hydrogen-bond donors (Lipinski definition) is 1. The predicted molar refractivity (Wildman–Crippen MR) is 80.7 cm³/mol. The second-order valence-corrected chi connectivity index (χ2v) is 6.56. The molecule has 6 heteroatoms. The van der Waals surface area contributed by atoms with Crippen LogP contribution in [0, 0.1) is 23.3 Å². The van der Waals surface area contributed by atoms with Crippen molar-refractivity contribution in [2.24, 2.45) is 17.3 Å². The van der Waals surface area contributed by atoms with Crippen LogP contribution in [0.3, 0.4) is 0 Å². The summed E-state index contributed by atoms with van der Waals surface area (Å²) in [5.41, 5.74) is 7.67. The van der Waals surface area contributed by atoms with Gasteiger partial charge in [0.25, 0.3) is 0 Å². The van der Waals surface area contributed by atoms with Crippen molar-refractivity contribution in [3.8, 4) is 0 Å². The van der Waals surface area contributed by atoms with E-state index in [2.05, 4.69) is 48.7 Å². The SMILES string of the molecule is CC(C)C1CC=C(n2cnc3c(N)nc(F)nc32)C1(C)C. The first-order valence-corrected chi connectivity index (χ1v) is 7.19. The summed E-state index contributed by atoms with van der Waals surface area (Å²) in [4.78, 5) is 11.6. The third-order valence-corrected chi connectivity index (χ3v) is 4.61. The molecule has 0 amide bonds. The van der Waals surface area contributed by atoms with Gasteiger partial charge in [-0.25, -0.2) is 4.98 Å². The molecular formula is C15H20FN5. The minimum absolute atomic E-state index is 0.0298. The van der Waals surface area contributed by atoms with E-state index in [1.165, 1.54) is 0 Å². The van der Waals surface area contributed by atoms with Crippen molar-refractivity contribution < 1.29 is 4.39 Å². The van der Waals surface area contributed by atoms with Gasteiger partial charge in [0.05, 0.1) is 0 Å². The molecule has 2 aromatic heterocycles. The van der Waals surface area contributed by atoms with Crippen LogP contribution < -0.4 is 5.73 Å². The monoisotopic (exact) mass is 289 g/mol. The topological polar surface area (TPSA) is 69.6 Å². The van der Waals surface area contributed by atoms with E-state index in [-0.39, 0.29) is 11.2 Å². The minimum Gasteiger partial charge on any atom is -0.382 e. The molecule has 0 aromatic carbocycles. The Labute approximate surface area is 123 Å². The number of rotatable bonds is 2. The lowest BCUT2D eigenvalue weighted by Crippen LogP contribution is -2.27. The van der Waals surface area contributed by atoms with E-state index in [0.717, 1.165) is 12.1 Å². The van der Waals surface area contributed by atoms with E-state index in [4.69, 9.17) is 5.73 Å². The molecule has 0 spiro atoms. The van der Waals surface area contributed by atoms with Crippen LogP contribution >= 0.6 is 0 Å². The Morgan fingerprint density at radius 3 is 2.71 bits per heavy atom. The zero-order valence-corrected chi connectivity index (χ0v) is 12.8. The maximum atomic E-state index is 13.5. The van der Waals surface area contributed by atoms with Crippen molar-refractivity contribution in [3.05, 3.63) is 18.5 Å². The molecule has 21 heavy (non-hydrogen) atoms. The molecule has 0 bridgehead atoms. The summed E-state index contributed by atoms with van der Waals surface area (Å²) in [6.07, 6.45) is 4.04. The second-order valence-electron chi connectivity index (χ2n) is 6.56. The van der Waals surface area contributed by atoms with Crippen molar-refractivity contribution in [1.29, 1.82) is 0 Å². The molecule has 112 valence electrons. The fourth-order valence-corrected chi connectivity index (χ4v) is 3.57. The number of allylic oxidation sites excluding steroid dienone is 2. The molecule has 1 aliphatic rings. The average Bonchev–Trinajstić information content (AvgIpc) is 2.89. The number of imidazole rings is 1. The van der Waals surface area contributed by atoms with E-state index >= 15 is 0 Å². The van der Waals surface area contributed by atoms with Crippen LogP contribution in [0.5, 0.6) is 0 Å². The van der Waals surface area contributed by atoms with E-state index in [1.54, 1.807) is 6.33 Å². The highest BCUT2D eigenvalue weighted by atomic mass is 19.1. The van der Waals surface area contributed by atoms with E-state index in [9.17, 15) is 4.39 Å². The molecule has 1 unspecified atom stereocenters. The first kappa shape index (κ1) is 14.0. The van der Waals surface area contributed by atoms with Gasteiger partial charge >= 0.3 is 6.08 Å². The molecule has 2 aromatic rings. The number of nitrogens with zero attached hydrogens (tertiary/aromatic N) is 4. The summed E-state index contributed by atoms with van der Waals surface area (Å²) in [6.45, 7) is 8.89. The third kappa shape index (κ3) is 2.01. The smallest absolute Gasteiger partial charge is 0.312 e. The number of hydrogen-bond acceptors (Lipinski definition) is 4. The lowest BCUT2D eigenvalue weighted by atomic mass is 9.74.